The first-order chi connectivity index (χ1) is 5.84. The molecule has 2 rings (SSSR count). The van der Waals surface area contributed by atoms with Crippen molar-refractivity contribution in [3.63, 3.8) is 0 Å². The molecule has 1 aliphatic heterocycles. The van der Waals surface area contributed by atoms with Gasteiger partial charge in [-0.05, 0) is 0 Å². The minimum atomic E-state index is 0.551. The predicted octanol–water partition coefficient (Wildman–Crippen LogP) is 0.752. The Morgan fingerprint density at radius 2 is 2.42 bits per heavy atom. The van der Waals surface area contributed by atoms with Crippen LogP contribution in [-0.4, -0.2) is 28.7 Å². The van der Waals surface area contributed by atoms with Gasteiger partial charge < -0.3 is 10.5 Å². The van der Waals surface area contributed by atoms with Crippen LogP contribution in [0.1, 0.15) is 5.01 Å². The van der Waals surface area contributed by atoms with Gasteiger partial charge >= 0.3 is 0 Å². The predicted molar refractivity (Wildman–Crippen MR) is 50.2 cm³/mol. The van der Waals surface area contributed by atoms with Crippen LogP contribution >= 0.6 is 23.1 Å². The van der Waals surface area contributed by atoms with Crippen LogP contribution in [0.15, 0.2) is 0 Å². The van der Waals surface area contributed by atoms with Gasteiger partial charge in [0.05, 0.1) is 18.5 Å². The lowest BCUT2D eigenvalue weighted by Gasteiger charge is -2.24. The van der Waals surface area contributed by atoms with Crippen LogP contribution in [0.3, 0.4) is 0 Å². The zero-order valence-corrected chi connectivity index (χ0v) is 8.03. The van der Waals surface area contributed by atoms with Crippen molar-refractivity contribution in [1.29, 1.82) is 0 Å². The van der Waals surface area contributed by atoms with E-state index in [9.17, 15) is 0 Å². The molecule has 1 aromatic heterocycles. The van der Waals surface area contributed by atoms with E-state index in [1.54, 1.807) is 0 Å². The molecule has 0 atom stereocenters. The second-order valence-electron chi connectivity index (χ2n) is 2.50. The molecule has 0 bridgehead atoms. The van der Waals surface area contributed by atoms with Crippen LogP contribution in [0, 0.1) is 0 Å². The second kappa shape index (κ2) is 3.59. The van der Waals surface area contributed by atoms with E-state index < -0.39 is 0 Å². The maximum Gasteiger partial charge on any atom is 0.203 e. The Bertz CT molecular complexity index is 261. The van der Waals surface area contributed by atoms with Crippen LogP contribution in [0.5, 0.6) is 0 Å². The van der Waals surface area contributed by atoms with E-state index in [4.69, 9.17) is 10.5 Å². The molecule has 66 valence electrons. The Hall–Kier alpha value is -0.330. The van der Waals surface area contributed by atoms with E-state index in [2.05, 4.69) is 10.2 Å². The zero-order valence-electron chi connectivity index (χ0n) is 6.40. The van der Waals surface area contributed by atoms with E-state index in [0.29, 0.717) is 10.4 Å². The van der Waals surface area contributed by atoms with Crippen molar-refractivity contribution in [3.8, 4) is 0 Å². The lowest BCUT2D eigenvalue weighted by Crippen LogP contribution is -2.30. The molecule has 1 fully saturated rings. The lowest BCUT2D eigenvalue weighted by atomic mass is 10.4. The SMILES string of the molecule is Nc1nnc(CSC2COC2)s1. The number of anilines is 1. The Morgan fingerprint density at radius 1 is 1.58 bits per heavy atom. The molecule has 1 aromatic rings. The Kier molecular flexibility index (Phi) is 2.48. The summed E-state index contributed by atoms with van der Waals surface area (Å²) in [5, 5.41) is 9.87. The summed E-state index contributed by atoms with van der Waals surface area (Å²) in [7, 11) is 0. The molecule has 0 saturated carbocycles. The normalized spacial score (nSPS) is 17.7. The summed E-state index contributed by atoms with van der Waals surface area (Å²) in [5.74, 6) is 0.906. The topological polar surface area (TPSA) is 61.0 Å². The molecule has 0 radical (unpaired) electrons. The minimum Gasteiger partial charge on any atom is -0.379 e. The monoisotopic (exact) mass is 203 g/mol. The molecule has 0 aromatic carbocycles. The fraction of sp³-hybridized carbons (Fsp3) is 0.667. The van der Waals surface area contributed by atoms with E-state index >= 15 is 0 Å². The standard InChI is InChI=1S/C6H9N3OS2/c7-6-9-8-5(12-6)3-11-4-1-10-2-4/h4H,1-3H2,(H2,7,9). The molecule has 1 aliphatic rings. The molecule has 0 aliphatic carbocycles. The third-order valence-electron chi connectivity index (χ3n) is 1.53. The number of hydrogen-bond donors (Lipinski definition) is 1. The number of hydrogen-bond acceptors (Lipinski definition) is 6. The summed E-state index contributed by atoms with van der Waals surface area (Å²) >= 11 is 3.32. The molecular formula is C6H9N3OS2. The Labute approximate surface area is 78.5 Å². The molecule has 0 spiro atoms. The fourth-order valence-electron chi connectivity index (χ4n) is 0.824. The van der Waals surface area contributed by atoms with Gasteiger partial charge in [0.25, 0.3) is 0 Å². The van der Waals surface area contributed by atoms with Crippen molar-refractivity contribution < 1.29 is 4.74 Å². The van der Waals surface area contributed by atoms with Crippen LogP contribution in [-0.2, 0) is 10.5 Å². The molecule has 1 saturated heterocycles. The number of nitrogens with two attached hydrogens (primary N) is 1. The summed E-state index contributed by atoms with van der Waals surface area (Å²) in [6, 6.07) is 0. The lowest BCUT2D eigenvalue weighted by molar-refractivity contribution is 0.0455. The van der Waals surface area contributed by atoms with Gasteiger partial charge in [-0.15, -0.1) is 22.0 Å². The first-order valence-corrected chi connectivity index (χ1v) is 5.48. The highest BCUT2D eigenvalue weighted by molar-refractivity contribution is 7.99. The highest BCUT2D eigenvalue weighted by Gasteiger charge is 2.19. The van der Waals surface area contributed by atoms with Gasteiger partial charge in [-0.25, -0.2) is 0 Å². The van der Waals surface area contributed by atoms with Gasteiger partial charge in [-0.3, -0.25) is 0 Å². The minimum absolute atomic E-state index is 0.551. The number of thioether (sulfide) groups is 1. The highest BCUT2D eigenvalue weighted by atomic mass is 32.2. The van der Waals surface area contributed by atoms with Gasteiger partial charge in [-0.2, -0.15) is 0 Å². The van der Waals surface area contributed by atoms with Crippen molar-refractivity contribution in [2.24, 2.45) is 0 Å². The smallest absolute Gasteiger partial charge is 0.203 e. The van der Waals surface area contributed by atoms with Gasteiger partial charge in [0.1, 0.15) is 5.01 Å². The number of nitrogen functional groups attached to an aromatic ring is 1. The number of aromatic nitrogens is 2. The average molecular weight is 203 g/mol. The van der Waals surface area contributed by atoms with Crippen molar-refractivity contribution in [3.05, 3.63) is 5.01 Å². The van der Waals surface area contributed by atoms with Crippen LogP contribution in [0.25, 0.3) is 0 Å². The number of rotatable bonds is 3. The van der Waals surface area contributed by atoms with E-state index in [1.807, 2.05) is 11.8 Å². The largest absolute Gasteiger partial charge is 0.379 e. The summed E-state index contributed by atoms with van der Waals surface area (Å²) < 4.78 is 5.05. The van der Waals surface area contributed by atoms with Crippen molar-refractivity contribution >= 4 is 28.2 Å². The van der Waals surface area contributed by atoms with Crippen molar-refractivity contribution in [2.75, 3.05) is 18.9 Å². The van der Waals surface area contributed by atoms with Gasteiger partial charge in [0.15, 0.2) is 0 Å². The third-order valence-corrected chi connectivity index (χ3v) is 3.65. The molecule has 2 heterocycles. The summed E-state index contributed by atoms with van der Waals surface area (Å²) in [6.45, 7) is 1.75. The quantitative estimate of drug-likeness (QED) is 0.785. The van der Waals surface area contributed by atoms with E-state index in [1.165, 1.54) is 11.3 Å². The second-order valence-corrected chi connectivity index (χ2v) is 4.89. The maximum absolute atomic E-state index is 5.44. The van der Waals surface area contributed by atoms with Crippen LogP contribution in [0.2, 0.25) is 0 Å². The Balaban J connectivity index is 1.79. The van der Waals surface area contributed by atoms with Crippen molar-refractivity contribution in [1.82, 2.24) is 10.2 Å². The molecule has 12 heavy (non-hydrogen) atoms. The maximum atomic E-state index is 5.44. The average Bonchev–Trinajstić information content (AvgIpc) is 2.32. The molecule has 6 heteroatoms. The van der Waals surface area contributed by atoms with Crippen LogP contribution in [0.4, 0.5) is 5.13 Å². The summed E-state index contributed by atoms with van der Waals surface area (Å²) in [5.41, 5.74) is 5.44. The van der Waals surface area contributed by atoms with E-state index in [0.717, 1.165) is 24.0 Å². The number of nitrogens with zero attached hydrogens (tertiary/aromatic N) is 2. The summed E-state index contributed by atoms with van der Waals surface area (Å²) in [4.78, 5) is 0. The molecular weight excluding hydrogens is 194 g/mol. The Morgan fingerprint density at radius 3 is 2.92 bits per heavy atom. The van der Waals surface area contributed by atoms with Crippen molar-refractivity contribution in [2.45, 2.75) is 11.0 Å². The third kappa shape index (κ3) is 1.88. The van der Waals surface area contributed by atoms with Crippen LogP contribution < -0.4 is 5.73 Å². The van der Waals surface area contributed by atoms with E-state index in [-0.39, 0.29) is 0 Å². The number of ether oxygens (including phenoxy) is 1. The first-order valence-electron chi connectivity index (χ1n) is 3.62. The fourth-order valence-corrected chi connectivity index (χ4v) is 2.49. The van der Waals surface area contributed by atoms with Gasteiger partial charge in [-0.1, -0.05) is 11.3 Å². The summed E-state index contributed by atoms with van der Waals surface area (Å²) in [6.07, 6.45) is 0. The molecule has 2 N–H and O–H groups in total. The molecule has 0 amide bonds. The zero-order chi connectivity index (χ0) is 8.39. The molecule has 4 nitrogen and oxygen atoms in total. The first kappa shape index (κ1) is 8.28. The van der Waals surface area contributed by atoms with Gasteiger partial charge in [0.2, 0.25) is 5.13 Å². The molecule has 0 unspecified atom stereocenters. The van der Waals surface area contributed by atoms with Gasteiger partial charge in [0, 0.05) is 5.75 Å². The highest BCUT2D eigenvalue weighted by Crippen LogP contribution is 2.25.